The molecule has 0 aliphatic carbocycles. The number of nitrogens with one attached hydrogen (secondary N) is 1. The average molecular weight is 394 g/mol. The maximum Gasteiger partial charge on any atom is 0.322 e. The Morgan fingerprint density at radius 3 is 2.52 bits per heavy atom. The molecular weight excluding hydrogens is 382 g/mol. The van der Waals surface area contributed by atoms with Crippen LogP contribution in [0.4, 0.5) is 6.01 Å². The van der Waals surface area contributed by atoms with E-state index in [0.717, 1.165) is 20.8 Å². The van der Waals surface area contributed by atoms with E-state index >= 15 is 0 Å². The lowest BCUT2D eigenvalue weighted by Gasteiger charge is -2.05. The summed E-state index contributed by atoms with van der Waals surface area (Å²) in [5.74, 6) is 0.0588. The third kappa shape index (κ3) is 3.16. The quantitative estimate of drug-likeness (QED) is 0.537. The highest BCUT2D eigenvalue weighted by molar-refractivity contribution is 9.10. The van der Waals surface area contributed by atoms with E-state index in [1.807, 2.05) is 60.7 Å². The van der Waals surface area contributed by atoms with E-state index in [-0.39, 0.29) is 11.9 Å². The lowest BCUT2D eigenvalue weighted by atomic mass is 10.0. The summed E-state index contributed by atoms with van der Waals surface area (Å²) < 4.78 is 6.50. The summed E-state index contributed by atoms with van der Waals surface area (Å²) in [5, 5.41) is 12.4. The maximum atomic E-state index is 12.6. The van der Waals surface area contributed by atoms with Crippen molar-refractivity contribution in [2.75, 3.05) is 5.32 Å². The Kier molecular flexibility index (Phi) is 4.03. The van der Waals surface area contributed by atoms with Gasteiger partial charge in [-0.25, -0.2) is 0 Å². The average Bonchev–Trinajstić information content (AvgIpc) is 3.10. The number of anilines is 1. The minimum atomic E-state index is -0.289. The van der Waals surface area contributed by atoms with Crippen molar-refractivity contribution in [2.24, 2.45) is 0 Å². The van der Waals surface area contributed by atoms with Crippen LogP contribution in [0.2, 0.25) is 0 Å². The molecule has 1 aromatic heterocycles. The number of nitrogens with zero attached hydrogens (tertiary/aromatic N) is 2. The van der Waals surface area contributed by atoms with Gasteiger partial charge < -0.3 is 4.42 Å². The molecule has 0 atom stereocenters. The van der Waals surface area contributed by atoms with Crippen molar-refractivity contribution < 1.29 is 9.21 Å². The van der Waals surface area contributed by atoms with Gasteiger partial charge in [-0.3, -0.25) is 10.1 Å². The number of carbonyl (C=O) groups excluding carboxylic acids is 1. The molecular formula is C19H12BrN3O2. The number of aromatic nitrogens is 2. The fourth-order valence-electron chi connectivity index (χ4n) is 2.57. The largest absolute Gasteiger partial charge is 0.403 e. The first-order chi connectivity index (χ1) is 12.2. The summed E-state index contributed by atoms with van der Waals surface area (Å²) in [7, 11) is 0. The first-order valence-electron chi connectivity index (χ1n) is 7.59. The van der Waals surface area contributed by atoms with Crippen molar-refractivity contribution in [3.8, 4) is 11.5 Å². The third-order valence-corrected chi connectivity index (χ3v) is 4.30. The summed E-state index contributed by atoms with van der Waals surface area (Å²) in [4.78, 5) is 12.6. The molecule has 0 saturated heterocycles. The molecule has 0 spiro atoms. The van der Waals surface area contributed by atoms with Crippen LogP contribution in [0.15, 0.2) is 75.6 Å². The van der Waals surface area contributed by atoms with Gasteiger partial charge in [-0.05, 0) is 41.1 Å². The number of rotatable bonds is 3. The van der Waals surface area contributed by atoms with Gasteiger partial charge >= 0.3 is 6.01 Å². The third-order valence-electron chi connectivity index (χ3n) is 3.77. The van der Waals surface area contributed by atoms with Crippen LogP contribution in [-0.2, 0) is 0 Å². The molecule has 0 bridgehead atoms. The lowest BCUT2D eigenvalue weighted by Crippen LogP contribution is -2.12. The van der Waals surface area contributed by atoms with Crippen LogP contribution < -0.4 is 5.32 Å². The van der Waals surface area contributed by atoms with Crippen LogP contribution >= 0.6 is 15.9 Å². The Bertz CT molecular complexity index is 1050. The van der Waals surface area contributed by atoms with E-state index in [4.69, 9.17) is 4.42 Å². The molecule has 4 aromatic rings. The summed E-state index contributed by atoms with van der Waals surface area (Å²) in [5.41, 5.74) is 1.34. The van der Waals surface area contributed by atoms with E-state index in [0.29, 0.717) is 11.5 Å². The number of hydrogen-bond acceptors (Lipinski definition) is 4. The van der Waals surface area contributed by atoms with Crippen LogP contribution in [0.25, 0.3) is 22.2 Å². The summed E-state index contributed by atoms with van der Waals surface area (Å²) in [6.07, 6.45) is 0. The van der Waals surface area contributed by atoms with Crippen LogP contribution in [0.5, 0.6) is 0 Å². The normalized spacial score (nSPS) is 10.8. The predicted molar refractivity (Wildman–Crippen MR) is 99.3 cm³/mol. The van der Waals surface area contributed by atoms with Gasteiger partial charge in [0.2, 0.25) is 5.89 Å². The highest BCUT2D eigenvalue weighted by atomic mass is 79.9. The second-order valence-electron chi connectivity index (χ2n) is 5.40. The highest BCUT2D eigenvalue weighted by Crippen LogP contribution is 2.23. The molecule has 122 valence electrons. The van der Waals surface area contributed by atoms with Gasteiger partial charge in [-0.1, -0.05) is 57.4 Å². The van der Waals surface area contributed by atoms with Crippen molar-refractivity contribution in [1.29, 1.82) is 0 Å². The number of fused-ring (bicyclic) bond motifs is 1. The first-order valence-corrected chi connectivity index (χ1v) is 8.38. The van der Waals surface area contributed by atoms with E-state index < -0.39 is 0 Å². The van der Waals surface area contributed by atoms with Gasteiger partial charge in [-0.2, -0.15) is 0 Å². The van der Waals surface area contributed by atoms with Crippen molar-refractivity contribution in [3.05, 3.63) is 76.8 Å². The van der Waals surface area contributed by atoms with Gasteiger partial charge in [0.05, 0.1) is 0 Å². The Morgan fingerprint density at radius 2 is 1.68 bits per heavy atom. The summed E-state index contributed by atoms with van der Waals surface area (Å²) in [6, 6.07) is 20.8. The highest BCUT2D eigenvalue weighted by Gasteiger charge is 2.14. The second kappa shape index (κ2) is 6.49. The van der Waals surface area contributed by atoms with Crippen molar-refractivity contribution >= 4 is 38.6 Å². The topological polar surface area (TPSA) is 68.0 Å². The zero-order valence-corrected chi connectivity index (χ0v) is 14.5. The van der Waals surface area contributed by atoms with Crippen LogP contribution in [0.1, 0.15) is 10.4 Å². The van der Waals surface area contributed by atoms with Crippen LogP contribution in [0.3, 0.4) is 0 Å². The lowest BCUT2D eigenvalue weighted by molar-refractivity contribution is 0.102. The molecule has 1 N–H and O–H groups in total. The van der Waals surface area contributed by atoms with Gasteiger partial charge in [-0.15, -0.1) is 5.10 Å². The zero-order chi connectivity index (χ0) is 17.2. The molecule has 1 amide bonds. The SMILES string of the molecule is O=C(Nc1nnc(-c2ccc(Br)cc2)o1)c1cccc2ccccc12. The van der Waals surface area contributed by atoms with E-state index in [1.165, 1.54) is 0 Å². The minimum Gasteiger partial charge on any atom is -0.403 e. The smallest absolute Gasteiger partial charge is 0.322 e. The predicted octanol–water partition coefficient (Wildman–Crippen LogP) is 4.90. The fourth-order valence-corrected chi connectivity index (χ4v) is 2.84. The minimum absolute atomic E-state index is 0.0656. The summed E-state index contributed by atoms with van der Waals surface area (Å²) >= 11 is 3.38. The molecule has 0 aliphatic heterocycles. The van der Waals surface area contributed by atoms with Crippen LogP contribution in [-0.4, -0.2) is 16.1 Å². The van der Waals surface area contributed by atoms with E-state index in [2.05, 4.69) is 31.4 Å². The van der Waals surface area contributed by atoms with Crippen LogP contribution in [0, 0.1) is 0 Å². The maximum absolute atomic E-state index is 12.6. The Balaban J connectivity index is 1.60. The van der Waals surface area contributed by atoms with Crippen molar-refractivity contribution in [3.63, 3.8) is 0 Å². The van der Waals surface area contributed by atoms with Crippen molar-refractivity contribution in [1.82, 2.24) is 10.2 Å². The second-order valence-corrected chi connectivity index (χ2v) is 6.32. The summed E-state index contributed by atoms with van der Waals surface area (Å²) in [6.45, 7) is 0. The molecule has 0 aliphatic rings. The Morgan fingerprint density at radius 1 is 0.920 bits per heavy atom. The number of hydrogen-bond donors (Lipinski definition) is 1. The Labute approximate surface area is 151 Å². The molecule has 0 radical (unpaired) electrons. The molecule has 25 heavy (non-hydrogen) atoms. The molecule has 4 rings (SSSR count). The molecule has 6 heteroatoms. The molecule has 0 saturated carbocycles. The van der Waals surface area contributed by atoms with Gasteiger partial charge in [0, 0.05) is 15.6 Å². The van der Waals surface area contributed by atoms with Gasteiger partial charge in [0.15, 0.2) is 0 Å². The molecule has 5 nitrogen and oxygen atoms in total. The monoisotopic (exact) mass is 393 g/mol. The standard InChI is InChI=1S/C19H12BrN3O2/c20-14-10-8-13(9-11-14)18-22-23-19(25-18)21-17(24)16-7-3-5-12-4-1-2-6-15(12)16/h1-11H,(H,21,23,24). The molecule has 1 heterocycles. The molecule has 0 fully saturated rings. The number of benzene rings is 3. The molecule has 3 aromatic carbocycles. The molecule has 0 unspecified atom stereocenters. The first kappa shape index (κ1) is 15.5. The van der Waals surface area contributed by atoms with E-state index in [9.17, 15) is 4.79 Å². The van der Waals surface area contributed by atoms with Gasteiger partial charge in [0.25, 0.3) is 5.91 Å². The zero-order valence-electron chi connectivity index (χ0n) is 12.9. The van der Waals surface area contributed by atoms with Crippen molar-refractivity contribution in [2.45, 2.75) is 0 Å². The Hall–Kier alpha value is -2.99. The number of amides is 1. The number of halogens is 1. The fraction of sp³-hybridized carbons (Fsp3) is 0. The number of carbonyl (C=O) groups is 1. The van der Waals surface area contributed by atoms with E-state index in [1.54, 1.807) is 6.07 Å². The van der Waals surface area contributed by atoms with Gasteiger partial charge in [0.1, 0.15) is 0 Å².